The third kappa shape index (κ3) is 3.17. The predicted molar refractivity (Wildman–Crippen MR) is 85.3 cm³/mol. The monoisotopic (exact) mass is 287 g/mol. The molecule has 1 aromatic carbocycles. The number of rotatable bonds is 6. The van der Waals surface area contributed by atoms with Crippen molar-refractivity contribution in [2.75, 3.05) is 13.2 Å². The van der Waals surface area contributed by atoms with Gasteiger partial charge in [-0.05, 0) is 25.0 Å². The standard InChI is InChI=1S/C17H25N3O/c1-4-15-9-16(20(3)19-15)10-17(11-18,12-21)14-7-5-13(2)6-8-14/h5-9,21H,4,10-12,18H2,1-3H3. The molecule has 0 spiro atoms. The van der Waals surface area contributed by atoms with Crippen molar-refractivity contribution in [1.82, 2.24) is 9.78 Å². The maximum Gasteiger partial charge on any atom is 0.0624 e. The molecule has 1 aromatic heterocycles. The van der Waals surface area contributed by atoms with Gasteiger partial charge >= 0.3 is 0 Å². The molecule has 4 heteroatoms. The molecule has 0 aliphatic carbocycles. The molecule has 0 bridgehead atoms. The van der Waals surface area contributed by atoms with Crippen LogP contribution in [0, 0.1) is 6.92 Å². The minimum atomic E-state index is -0.452. The van der Waals surface area contributed by atoms with E-state index >= 15 is 0 Å². The van der Waals surface area contributed by atoms with E-state index in [1.54, 1.807) is 0 Å². The first-order valence-corrected chi connectivity index (χ1v) is 7.44. The molecule has 0 saturated carbocycles. The number of aliphatic hydroxyl groups excluding tert-OH is 1. The van der Waals surface area contributed by atoms with Gasteiger partial charge in [0, 0.05) is 31.1 Å². The van der Waals surface area contributed by atoms with Crippen LogP contribution in [0.25, 0.3) is 0 Å². The molecule has 1 atom stereocenters. The van der Waals surface area contributed by atoms with Crippen molar-refractivity contribution in [2.45, 2.75) is 32.1 Å². The number of hydrogen-bond acceptors (Lipinski definition) is 3. The Balaban J connectivity index is 2.37. The Morgan fingerprint density at radius 1 is 1.29 bits per heavy atom. The summed E-state index contributed by atoms with van der Waals surface area (Å²) in [5.41, 5.74) is 10.0. The lowest BCUT2D eigenvalue weighted by Crippen LogP contribution is -2.41. The van der Waals surface area contributed by atoms with Gasteiger partial charge in [-0.3, -0.25) is 4.68 Å². The Kier molecular flexibility index (Phi) is 4.80. The van der Waals surface area contributed by atoms with Crippen molar-refractivity contribution < 1.29 is 5.11 Å². The second kappa shape index (κ2) is 6.41. The predicted octanol–water partition coefficient (Wildman–Crippen LogP) is 1.72. The summed E-state index contributed by atoms with van der Waals surface area (Å²) in [6.07, 6.45) is 1.60. The highest BCUT2D eigenvalue weighted by Crippen LogP contribution is 2.28. The first kappa shape index (κ1) is 15.7. The Hall–Kier alpha value is -1.65. The fourth-order valence-corrected chi connectivity index (χ4v) is 2.67. The maximum absolute atomic E-state index is 10.0. The van der Waals surface area contributed by atoms with Crippen LogP contribution in [-0.2, 0) is 25.3 Å². The Morgan fingerprint density at radius 3 is 2.43 bits per heavy atom. The normalized spacial score (nSPS) is 14.1. The molecule has 0 fully saturated rings. The van der Waals surface area contributed by atoms with E-state index in [9.17, 15) is 5.11 Å². The van der Waals surface area contributed by atoms with Crippen molar-refractivity contribution in [1.29, 1.82) is 0 Å². The van der Waals surface area contributed by atoms with E-state index in [0.717, 1.165) is 23.4 Å². The van der Waals surface area contributed by atoms with Gasteiger partial charge in [-0.25, -0.2) is 0 Å². The summed E-state index contributed by atoms with van der Waals surface area (Å²) in [7, 11) is 1.95. The number of aryl methyl sites for hydroxylation is 3. The first-order chi connectivity index (χ1) is 10.0. The molecule has 0 amide bonds. The van der Waals surface area contributed by atoms with Gasteiger partial charge < -0.3 is 10.8 Å². The smallest absolute Gasteiger partial charge is 0.0624 e. The van der Waals surface area contributed by atoms with Crippen LogP contribution in [0.2, 0.25) is 0 Å². The fraction of sp³-hybridized carbons (Fsp3) is 0.471. The van der Waals surface area contributed by atoms with Gasteiger partial charge in [-0.15, -0.1) is 0 Å². The Bertz CT molecular complexity index is 583. The summed E-state index contributed by atoms with van der Waals surface area (Å²) < 4.78 is 1.90. The number of benzene rings is 1. The summed E-state index contributed by atoms with van der Waals surface area (Å²) in [5, 5.41) is 14.5. The molecular weight excluding hydrogens is 262 g/mol. The number of aromatic nitrogens is 2. The van der Waals surface area contributed by atoms with Crippen molar-refractivity contribution >= 4 is 0 Å². The lowest BCUT2D eigenvalue weighted by molar-refractivity contribution is 0.194. The van der Waals surface area contributed by atoms with Gasteiger partial charge in [-0.2, -0.15) is 5.10 Å². The van der Waals surface area contributed by atoms with Crippen LogP contribution in [0.1, 0.15) is 29.4 Å². The Morgan fingerprint density at radius 2 is 1.95 bits per heavy atom. The number of hydrogen-bond donors (Lipinski definition) is 2. The fourth-order valence-electron chi connectivity index (χ4n) is 2.67. The Labute approximate surface area is 126 Å². The molecule has 2 rings (SSSR count). The summed E-state index contributed by atoms with van der Waals surface area (Å²) in [6.45, 7) is 4.58. The minimum Gasteiger partial charge on any atom is -0.395 e. The topological polar surface area (TPSA) is 64.1 Å². The second-order valence-corrected chi connectivity index (χ2v) is 5.79. The SMILES string of the molecule is CCc1cc(CC(CN)(CO)c2ccc(C)cc2)n(C)n1. The van der Waals surface area contributed by atoms with Gasteiger partial charge in [-0.1, -0.05) is 36.8 Å². The molecule has 0 radical (unpaired) electrons. The van der Waals surface area contributed by atoms with Gasteiger partial charge in [0.2, 0.25) is 0 Å². The highest BCUT2D eigenvalue weighted by molar-refractivity contribution is 5.31. The average molecular weight is 287 g/mol. The largest absolute Gasteiger partial charge is 0.395 e. The summed E-state index contributed by atoms with van der Waals surface area (Å²) >= 11 is 0. The third-order valence-corrected chi connectivity index (χ3v) is 4.27. The second-order valence-electron chi connectivity index (χ2n) is 5.79. The van der Waals surface area contributed by atoms with E-state index in [1.165, 1.54) is 5.56 Å². The van der Waals surface area contributed by atoms with E-state index in [-0.39, 0.29) is 6.61 Å². The molecule has 0 aliphatic heterocycles. The summed E-state index contributed by atoms with van der Waals surface area (Å²) in [6, 6.07) is 10.4. The number of aliphatic hydroxyl groups is 1. The van der Waals surface area contributed by atoms with Gasteiger partial charge in [0.05, 0.1) is 12.3 Å². The highest BCUT2D eigenvalue weighted by atomic mass is 16.3. The summed E-state index contributed by atoms with van der Waals surface area (Å²) in [4.78, 5) is 0. The lowest BCUT2D eigenvalue weighted by atomic mass is 9.77. The van der Waals surface area contributed by atoms with Crippen LogP contribution >= 0.6 is 0 Å². The quantitative estimate of drug-likeness (QED) is 0.850. The molecule has 0 aliphatic rings. The number of nitrogens with zero attached hydrogens (tertiary/aromatic N) is 2. The van der Waals surface area contributed by atoms with Crippen LogP contribution < -0.4 is 5.73 Å². The van der Waals surface area contributed by atoms with Crippen molar-refractivity contribution in [2.24, 2.45) is 12.8 Å². The molecule has 2 aromatic rings. The van der Waals surface area contributed by atoms with E-state index in [2.05, 4.69) is 49.3 Å². The van der Waals surface area contributed by atoms with Crippen LogP contribution in [-0.4, -0.2) is 28.0 Å². The highest BCUT2D eigenvalue weighted by Gasteiger charge is 2.31. The zero-order valence-electron chi connectivity index (χ0n) is 13.1. The van der Waals surface area contributed by atoms with E-state index in [0.29, 0.717) is 13.0 Å². The van der Waals surface area contributed by atoms with Crippen LogP contribution in [0.5, 0.6) is 0 Å². The average Bonchev–Trinajstić information content (AvgIpc) is 2.86. The molecule has 4 nitrogen and oxygen atoms in total. The third-order valence-electron chi connectivity index (χ3n) is 4.27. The van der Waals surface area contributed by atoms with E-state index in [4.69, 9.17) is 5.73 Å². The van der Waals surface area contributed by atoms with E-state index < -0.39 is 5.41 Å². The molecule has 21 heavy (non-hydrogen) atoms. The van der Waals surface area contributed by atoms with Crippen molar-refractivity contribution in [3.8, 4) is 0 Å². The first-order valence-electron chi connectivity index (χ1n) is 7.44. The van der Waals surface area contributed by atoms with Crippen LogP contribution in [0.4, 0.5) is 0 Å². The van der Waals surface area contributed by atoms with Gasteiger partial charge in [0.1, 0.15) is 0 Å². The number of nitrogens with two attached hydrogens (primary N) is 1. The van der Waals surface area contributed by atoms with Crippen LogP contribution in [0.15, 0.2) is 30.3 Å². The van der Waals surface area contributed by atoms with Crippen LogP contribution in [0.3, 0.4) is 0 Å². The zero-order valence-corrected chi connectivity index (χ0v) is 13.1. The van der Waals surface area contributed by atoms with E-state index in [1.807, 2.05) is 11.7 Å². The van der Waals surface area contributed by atoms with Crippen molar-refractivity contribution in [3.63, 3.8) is 0 Å². The summed E-state index contributed by atoms with van der Waals surface area (Å²) in [5.74, 6) is 0. The van der Waals surface area contributed by atoms with Gasteiger partial charge in [0.15, 0.2) is 0 Å². The van der Waals surface area contributed by atoms with Crippen molar-refractivity contribution in [3.05, 3.63) is 52.8 Å². The molecule has 1 unspecified atom stereocenters. The lowest BCUT2D eigenvalue weighted by Gasteiger charge is -2.31. The molecule has 114 valence electrons. The molecule has 1 heterocycles. The zero-order chi connectivity index (χ0) is 15.5. The minimum absolute atomic E-state index is 0.0270. The molecule has 0 saturated heterocycles. The molecule has 3 N–H and O–H groups in total. The molecular formula is C17H25N3O. The maximum atomic E-state index is 10.0. The van der Waals surface area contributed by atoms with Gasteiger partial charge in [0.25, 0.3) is 0 Å².